The number of aliphatic hydroxyl groups is 1. The van der Waals surface area contributed by atoms with E-state index in [2.05, 4.69) is 0 Å². The van der Waals surface area contributed by atoms with Crippen molar-refractivity contribution in [3.8, 4) is 0 Å². The number of sulfone groups is 1. The number of aliphatic hydroxyl groups excluding tert-OH is 1. The highest BCUT2D eigenvalue weighted by Gasteiger charge is 2.46. The molecule has 128 valence electrons. The number of rotatable bonds is 4. The molecule has 2 aliphatic heterocycles. The van der Waals surface area contributed by atoms with Gasteiger partial charge in [-0.1, -0.05) is 17.7 Å². The Bertz CT molecular complexity index is 685. The second-order valence-corrected chi connectivity index (χ2v) is 8.77. The summed E-state index contributed by atoms with van der Waals surface area (Å²) >= 11 is 5.78. The Morgan fingerprint density at radius 2 is 1.87 bits per heavy atom. The summed E-state index contributed by atoms with van der Waals surface area (Å²) in [6.45, 7) is 2.17. The van der Waals surface area contributed by atoms with Crippen LogP contribution < -0.4 is 0 Å². The van der Waals surface area contributed by atoms with E-state index in [4.69, 9.17) is 16.7 Å². The first-order valence-electron chi connectivity index (χ1n) is 7.63. The Morgan fingerprint density at radius 1 is 1.22 bits per heavy atom. The van der Waals surface area contributed by atoms with Gasteiger partial charge in [0.25, 0.3) is 0 Å². The maximum absolute atomic E-state index is 14.0. The molecule has 1 aromatic rings. The van der Waals surface area contributed by atoms with Gasteiger partial charge < -0.3 is 5.11 Å². The van der Waals surface area contributed by atoms with E-state index < -0.39 is 9.84 Å². The minimum atomic E-state index is -3.10. The second-order valence-electron chi connectivity index (χ2n) is 6.18. The monoisotopic (exact) mass is 362 g/mol. The van der Waals surface area contributed by atoms with Crippen molar-refractivity contribution in [3.05, 3.63) is 34.6 Å². The van der Waals surface area contributed by atoms with Gasteiger partial charge in [0.1, 0.15) is 5.82 Å². The minimum absolute atomic E-state index is 0.00901. The standard InChI is InChI=1S/C15H20ClFN2O3S/c16-12-2-1-11(13(17)7-12)8-19-4-3-18(5-6-20)14-9-23(21,22)10-15(14)19/h1-2,7,14-15,20H,3-6,8-10H2/t14-,15+/m0/s1. The van der Waals surface area contributed by atoms with Crippen molar-refractivity contribution in [2.24, 2.45) is 0 Å². The molecule has 1 aromatic carbocycles. The Morgan fingerprint density at radius 3 is 2.52 bits per heavy atom. The summed E-state index contributed by atoms with van der Waals surface area (Å²) in [4.78, 5) is 4.07. The maximum atomic E-state index is 14.0. The summed E-state index contributed by atoms with van der Waals surface area (Å²) in [6, 6.07) is 4.29. The zero-order valence-corrected chi connectivity index (χ0v) is 14.2. The van der Waals surface area contributed by atoms with Crippen molar-refractivity contribution in [3.63, 3.8) is 0 Å². The second kappa shape index (κ2) is 6.64. The molecule has 8 heteroatoms. The molecule has 0 radical (unpaired) electrons. The predicted molar refractivity (Wildman–Crippen MR) is 86.7 cm³/mol. The molecule has 2 saturated heterocycles. The molecule has 0 aromatic heterocycles. The van der Waals surface area contributed by atoms with E-state index in [-0.39, 0.29) is 36.0 Å². The van der Waals surface area contributed by atoms with Gasteiger partial charge >= 0.3 is 0 Å². The highest BCUT2D eigenvalue weighted by atomic mass is 35.5. The molecule has 2 fully saturated rings. The molecular formula is C15H20ClFN2O3S. The van der Waals surface area contributed by atoms with Crippen molar-refractivity contribution >= 4 is 21.4 Å². The fourth-order valence-electron chi connectivity index (χ4n) is 3.57. The van der Waals surface area contributed by atoms with Crippen LogP contribution in [-0.4, -0.2) is 73.2 Å². The molecule has 1 N–H and O–H groups in total. The first-order valence-corrected chi connectivity index (χ1v) is 9.83. The number of fused-ring (bicyclic) bond motifs is 1. The lowest BCUT2D eigenvalue weighted by molar-refractivity contribution is 0.0302. The van der Waals surface area contributed by atoms with E-state index in [1.54, 1.807) is 12.1 Å². The first kappa shape index (κ1) is 17.1. The zero-order chi connectivity index (χ0) is 16.6. The SMILES string of the molecule is O=S1(=O)C[C@@H]2[C@H](C1)N(CCO)CCN2Cc1ccc(Cl)cc1F. The van der Waals surface area contributed by atoms with E-state index >= 15 is 0 Å². The van der Waals surface area contributed by atoms with Crippen LogP contribution in [0.15, 0.2) is 18.2 Å². The quantitative estimate of drug-likeness (QED) is 0.856. The van der Waals surface area contributed by atoms with E-state index in [9.17, 15) is 12.8 Å². The number of hydrogen-bond donors (Lipinski definition) is 1. The third kappa shape index (κ3) is 3.69. The van der Waals surface area contributed by atoms with Gasteiger partial charge in [-0.05, 0) is 12.1 Å². The van der Waals surface area contributed by atoms with E-state index in [1.807, 2.05) is 9.80 Å². The Hall–Kier alpha value is -0.730. The first-order chi connectivity index (χ1) is 10.9. The predicted octanol–water partition coefficient (Wildman–Crippen LogP) is 0.755. The molecule has 23 heavy (non-hydrogen) atoms. The summed E-state index contributed by atoms with van der Waals surface area (Å²) in [7, 11) is -3.10. The lowest BCUT2D eigenvalue weighted by Gasteiger charge is -2.43. The summed E-state index contributed by atoms with van der Waals surface area (Å²) in [6.07, 6.45) is 0. The molecule has 0 amide bonds. The molecule has 0 bridgehead atoms. The van der Waals surface area contributed by atoms with E-state index in [0.717, 1.165) is 0 Å². The van der Waals surface area contributed by atoms with Gasteiger partial charge in [0.2, 0.25) is 0 Å². The van der Waals surface area contributed by atoms with Gasteiger partial charge in [-0.25, -0.2) is 12.8 Å². The Kier molecular flexibility index (Phi) is 4.94. The molecule has 0 spiro atoms. The van der Waals surface area contributed by atoms with Crippen LogP contribution in [0.2, 0.25) is 5.02 Å². The lowest BCUT2D eigenvalue weighted by Crippen LogP contribution is -2.59. The van der Waals surface area contributed by atoms with Crippen LogP contribution in [-0.2, 0) is 16.4 Å². The summed E-state index contributed by atoms with van der Waals surface area (Å²) in [5.41, 5.74) is 0.521. The zero-order valence-electron chi connectivity index (χ0n) is 12.7. The third-order valence-electron chi connectivity index (χ3n) is 4.68. The number of β-amino-alcohol motifs (C(OH)–C–C–N with tert-alkyl or cyclic N) is 1. The van der Waals surface area contributed by atoms with Crippen LogP contribution >= 0.6 is 11.6 Å². The van der Waals surface area contributed by atoms with Crippen molar-refractivity contribution in [2.75, 3.05) is 37.7 Å². The highest BCUT2D eigenvalue weighted by molar-refractivity contribution is 7.91. The third-order valence-corrected chi connectivity index (χ3v) is 6.62. The lowest BCUT2D eigenvalue weighted by atomic mass is 10.0. The minimum Gasteiger partial charge on any atom is -0.395 e. The largest absolute Gasteiger partial charge is 0.395 e. The fraction of sp³-hybridized carbons (Fsp3) is 0.600. The number of hydrogen-bond acceptors (Lipinski definition) is 5. The van der Waals surface area contributed by atoms with Gasteiger partial charge in [-0.3, -0.25) is 9.80 Å². The molecule has 2 atom stereocenters. The molecule has 2 heterocycles. The Labute approximate surface area is 140 Å². The number of nitrogens with zero attached hydrogens (tertiary/aromatic N) is 2. The van der Waals surface area contributed by atoms with Crippen LogP contribution in [0.4, 0.5) is 4.39 Å². The van der Waals surface area contributed by atoms with E-state index in [1.165, 1.54) is 6.07 Å². The fourth-order valence-corrected chi connectivity index (χ4v) is 5.77. The van der Waals surface area contributed by atoms with Gasteiger partial charge in [0.05, 0.1) is 18.1 Å². The van der Waals surface area contributed by atoms with Crippen molar-refractivity contribution in [2.45, 2.75) is 18.6 Å². The molecule has 2 aliphatic rings. The van der Waals surface area contributed by atoms with Gasteiger partial charge in [0, 0.05) is 48.8 Å². The molecule has 5 nitrogen and oxygen atoms in total. The molecule has 0 unspecified atom stereocenters. The summed E-state index contributed by atoms with van der Waals surface area (Å²) in [5.74, 6) is -0.167. The van der Waals surface area contributed by atoms with Gasteiger partial charge in [-0.2, -0.15) is 0 Å². The molecule has 0 saturated carbocycles. The number of benzene rings is 1. The molecule has 0 aliphatic carbocycles. The summed E-state index contributed by atoms with van der Waals surface area (Å²) < 4.78 is 38.1. The molecular weight excluding hydrogens is 343 g/mol. The maximum Gasteiger partial charge on any atom is 0.153 e. The van der Waals surface area contributed by atoms with Crippen molar-refractivity contribution in [1.29, 1.82) is 0 Å². The molecule has 3 rings (SSSR count). The van der Waals surface area contributed by atoms with Crippen molar-refractivity contribution in [1.82, 2.24) is 9.80 Å². The average molecular weight is 363 g/mol. The van der Waals surface area contributed by atoms with Gasteiger partial charge in [-0.15, -0.1) is 0 Å². The number of piperazine rings is 1. The smallest absolute Gasteiger partial charge is 0.153 e. The van der Waals surface area contributed by atoms with Crippen LogP contribution in [0.5, 0.6) is 0 Å². The van der Waals surface area contributed by atoms with Crippen molar-refractivity contribution < 1.29 is 17.9 Å². The van der Waals surface area contributed by atoms with Crippen LogP contribution in [0.3, 0.4) is 0 Å². The van der Waals surface area contributed by atoms with Crippen LogP contribution in [0, 0.1) is 5.82 Å². The van der Waals surface area contributed by atoms with Gasteiger partial charge in [0.15, 0.2) is 9.84 Å². The van der Waals surface area contributed by atoms with Crippen LogP contribution in [0.1, 0.15) is 5.56 Å². The van der Waals surface area contributed by atoms with E-state index in [0.29, 0.717) is 36.8 Å². The Balaban J connectivity index is 1.80. The average Bonchev–Trinajstić information content (AvgIpc) is 2.80. The highest BCUT2D eigenvalue weighted by Crippen LogP contribution is 2.28. The normalized spacial score (nSPS) is 28.0. The summed E-state index contributed by atoms with van der Waals surface area (Å²) in [5, 5.41) is 9.51. The number of halogens is 2. The topological polar surface area (TPSA) is 60.9 Å². The van der Waals surface area contributed by atoms with Crippen LogP contribution in [0.25, 0.3) is 0 Å².